The Labute approximate surface area is 108 Å². The lowest BCUT2D eigenvalue weighted by molar-refractivity contribution is 0.367. The monoisotopic (exact) mass is 244 g/mol. The number of aryl methyl sites for hydroxylation is 1. The van der Waals surface area contributed by atoms with E-state index in [1.165, 1.54) is 6.33 Å². The molecule has 0 fully saturated rings. The van der Waals surface area contributed by atoms with Crippen LogP contribution >= 0.6 is 0 Å². The predicted molar refractivity (Wildman–Crippen MR) is 72.4 cm³/mol. The molecular weight excluding hydrogens is 224 g/mol. The molecular formula is C14H20N4. The van der Waals surface area contributed by atoms with Crippen molar-refractivity contribution < 1.29 is 0 Å². The molecule has 0 unspecified atom stereocenters. The zero-order valence-corrected chi connectivity index (χ0v) is 11.2. The molecule has 0 aromatic carbocycles. The van der Waals surface area contributed by atoms with E-state index in [1.54, 1.807) is 0 Å². The smallest absolute Gasteiger partial charge is 0.116 e. The summed E-state index contributed by atoms with van der Waals surface area (Å²) in [5.41, 5.74) is 10.00. The Bertz CT molecular complexity index is 514. The first-order valence-corrected chi connectivity index (χ1v) is 6.29. The fourth-order valence-corrected chi connectivity index (χ4v) is 2.39. The molecule has 1 aliphatic rings. The highest BCUT2D eigenvalue weighted by Crippen LogP contribution is 2.38. The Kier molecular flexibility index (Phi) is 3.20. The second-order valence-corrected chi connectivity index (χ2v) is 5.55. The van der Waals surface area contributed by atoms with Crippen molar-refractivity contribution in [2.75, 3.05) is 0 Å². The summed E-state index contributed by atoms with van der Waals surface area (Å²) in [6.07, 6.45) is 4.54. The maximum atomic E-state index is 8.30. The lowest BCUT2D eigenvalue weighted by Crippen LogP contribution is -2.29. The molecule has 96 valence electrons. The number of aromatic nitrogens is 2. The van der Waals surface area contributed by atoms with Crippen LogP contribution in [0.4, 0.5) is 0 Å². The minimum Gasteiger partial charge on any atom is -0.401 e. The Hall–Kier alpha value is -1.71. The molecule has 0 spiro atoms. The molecule has 0 bridgehead atoms. The van der Waals surface area contributed by atoms with Crippen molar-refractivity contribution >= 4 is 5.71 Å². The summed E-state index contributed by atoms with van der Waals surface area (Å²) in [6, 6.07) is 1.84. The van der Waals surface area contributed by atoms with Crippen LogP contribution in [0.25, 0.3) is 0 Å². The lowest BCUT2D eigenvalue weighted by atomic mass is 9.75. The molecule has 0 atom stereocenters. The van der Waals surface area contributed by atoms with E-state index < -0.39 is 0 Å². The van der Waals surface area contributed by atoms with Crippen LogP contribution in [0.1, 0.15) is 44.5 Å². The molecule has 1 aromatic heterocycles. The first kappa shape index (κ1) is 12.7. The van der Waals surface area contributed by atoms with E-state index >= 15 is 0 Å². The Morgan fingerprint density at radius 1 is 1.39 bits per heavy atom. The largest absolute Gasteiger partial charge is 0.401 e. The van der Waals surface area contributed by atoms with Gasteiger partial charge in [-0.25, -0.2) is 9.97 Å². The van der Waals surface area contributed by atoms with Gasteiger partial charge >= 0.3 is 0 Å². The zero-order chi connectivity index (χ0) is 13.3. The third-order valence-corrected chi connectivity index (χ3v) is 3.64. The lowest BCUT2D eigenvalue weighted by Gasteiger charge is -2.32. The first-order valence-electron chi connectivity index (χ1n) is 6.29. The fourth-order valence-electron chi connectivity index (χ4n) is 2.39. The minimum atomic E-state index is -0.0119. The Morgan fingerprint density at radius 2 is 2.11 bits per heavy atom. The van der Waals surface area contributed by atoms with Crippen LogP contribution in [-0.2, 0) is 0 Å². The Morgan fingerprint density at radius 3 is 2.78 bits per heavy atom. The molecule has 1 heterocycles. The van der Waals surface area contributed by atoms with E-state index in [0.717, 1.165) is 36.2 Å². The number of allylic oxidation sites excluding steroid dienone is 2. The average Bonchev–Trinajstić information content (AvgIpc) is 2.32. The van der Waals surface area contributed by atoms with Crippen molar-refractivity contribution in [3.8, 4) is 0 Å². The van der Waals surface area contributed by atoms with Gasteiger partial charge in [0.2, 0.25) is 0 Å². The van der Waals surface area contributed by atoms with E-state index in [4.69, 9.17) is 11.1 Å². The molecule has 4 nitrogen and oxygen atoms in total. The summed E-state index contributed by atoms with van der Waals surface area (Å²) >= 11 is 0. The van der Waals surface area contributed by atoms with Crippen LogP contribution in [-0.4, -0.2) is 15.7 Å². The standard InChI is InChI=1S/C14H20N4/c1-9-7-11(18-8-17-9)12(15)10-5-4-6-14(2,3)13(10)16/h7-8,15H,4-6,16H2,1-3H3. The van der Waals surface area contributed by atoms with Crippen LogP contribution in [0.2, 0.25) is 0 Å². The second kappa shape index (κ2) is 4.52. The van der Waals surface area contributed by atoms with Gasteiger partial charge in [0.05, 0.1) is 11.4 Å². The van der Waals surface area contributed by atoms with E-state index in [-0.39, 0.29) is 5.41 Å². The summed E-state index contributed by atoms with van der Waals surface area (Å²) in [5.74, 6) is 0. The zero-order valence-electron chi connectivity index (χ0n) is 11.2. The van der Waals surface area contributed by atoms with Crippen LogP contribution in [0, 0.1) is 17.7 Å². The van der Waals surface area contributed by atoms with E-state index in [2.05, 4.69) is 23.8 Å². The average molecular weight is 244 g/mol. The van der Waals surface area contributed by atoms with Crippen molar-refractivity contribution in [2.45, 2.75) is 40.0 Å². The quantitative estimate of drug-likeness (QED) is 0.785. The number of nitrogens with two attached hydrogens (primary N) is 1. The molecule has 0 saturated carbocycles. The third kappa shape index (κ3) is 2.28. The first-order chi connectivity index (χ1) is 8.42. The van der Waals surface area contributed by atoms with Crippen molar-refractivity contribution in [3.05, 3.63) is 35.1 Å². The molecule has 4 heteroatoms. The van der Waals surface area contributed by atoms with Gasteiger partial charge in [0.15, 0.2) is 0 Å². The maximum Gasteiger partial charge on any atom is 0.116 e. The molecule has 0 saturated heterocycles. The van der Waals surface area contributed by atoms with Gasteiger partial charge < -0.3 is 5.73 Å². The highest BCUT2D eigenvalue weighted by molar-refractivity contribution is 6.09. The van der Waals surface area contributed by atoms with E-state index in [9.17, 15) is 0 Å². The van der Waals surface area contributed by atoms with Crippen LogP contribution < -0.4 is 5.73 Å². The van der Waals surface area contributed by atoms with Gasteiger partial charge in [-0.05, 0) is 37.8 Å². The Balaban J connectivity index is 2.40. The summed E-state index contributed by atoms with van der Waals surface area (Å²) in [4.78, 5) is 8.23. The molecule has 1 aromatic rings. The highest BCUT2D eigenvalue weighted by atomic mass is 14.8. The van der Waals surface area contributed by atoms with Gasteiger partial charge in [0, 0.05) is 16.8 Å². The highest BCUT2D eigenvalue weighted by Gasteiger charge is 2.30. The van der Waals surface area contributed by atoms with Crippen molar-refractivity contribution in [3.63, 3.8) is 0 Å². The SMILES string of the molecule is Cc1cc(C(=N)C2=C(N)C(C)(C)CCC2)ncn1. The van der Waals surface area contributed by atoms with Crippen LogP contribution in [0.5, 0.6) is 0 Å². The topological polar surface area (TPSA) is 75.7 Å². The number of hydrogen-bond acceptors (Lipinski definition) is 4. The molecule has 0 amide bonds. The number of hydrogen-bond donors (Lipinski definition) is 2. The summed E-state index contributed by atoms with van der Waals surface area (Å²) in [7, 11) is 0. The van der Waals surface area contributed by atoms with Gasteiger partial charge in [0.25, 0.3) is 0 Å². The van der Waals surface area contributed by atoms with Crippen molar-refractivity contribution in [2.24, 2.45) is 11.1 Å². The van der Waals surface area contributed by atoms with Gasteiger partial charge in [-0.1, -0.05) is 13.8 Å². The third-order valence-electron chi connectivity index (χ3n) is 3.64. The van der Waals surface area contributed by atoms with Crippen molar-refractivity contribution in [1.29, 1.82) is 5.41 Å². The maximum absolute atomic E-state index is 8.30. The normalized spacial score (nSPS) is 18.8. The van der Waals surface area contributed by atoms with Gasteiger partial charge in [-0.3, -0.25) is 5.41 Å². The molecule has 2 rings (SSSR count). The fraction of sp³-hybridized carbons (Fsp3) is 0.500. The van der Waals surface area contributed by atoms with Crippen molar-refractivity contribution in [1.82, 2.24) is 9.97 Å². The number of nitrogens with zero attached hydrogens (tertiary/aromatic N) is 2. The molecule has 3 N–H and O–H groups in total. The number of nitrogens with one attached hydrogen (secondary N) is 1. The second-order valence-electron chi connectivity index (χ2n) is 5.55. The summed E-state index contributed by atoms with van der Waals surface area (Å²) in [6.45, 7) is 6.18. The predicted octanol–water partition coefficient (Wildman–Crippen LogP) is 2.58. The van der Waals surface area contributed by atoms with E-state index in [1.807, 2.05) is 13.0 Å². The summed E-state index contributed by atoms with van der Waals surface area (Å²) in [5, 5.41) is 8.30. The van der Waals surface area contributed by atoms with E-state index in [0.29, 0.717) is 11.4 Å². The van der Waals surface area contributed by atoms with Gasteiger partial charge in [-0.15, -0.1) is 0 Å². The molecule has 0 radical (unpaired) electrons. The summed E-state index contributed by atoms with van der Waals surface area (Å²) < 4.78 is 0. The number of rotatable bonds is 2. The molecule has 18 heavy (non-hydrogen) atoms. The van der Waals surface area contributed by atoms with Gasteiger partial charge in [-0.2, -0.15) is 0 Å². The van der Waals surface area contributed by atoms with Crippen LogP contribution in [0.15, 0.2) is 23.7 Å². The molecule has 1 aliphatic carbocycles. The minimum absolute atomic E-state index is 0.0119. The van der Waals surface area contributed by atoms with Crippen LogP contribution in [0.3, 0.4) is 0 Å². The molecule has 0 aliphatic heterocycles. The van der Waals surface area contributed by atoms with Gasteiger partial charge in [0.1, 0.15) is 6.33 Å².